The zero-order valence-electron chi connectivity index (χ0n) is 8.78. The highest BCUT2D eigenvalue weighted by atomic mass is 32.2. The maximum absolute atomic E-state index is 11.3. The third-order valence-corrected chi connectivity index (χ3v) is 2.95. The van der Waals surface area contributed by atoms with Gasteiger partial charge in [0.2, 0.25) is 5.91 Å². The molecule has 0 unspecified atom stereocenters. The number of hydrogen-bond donors (Lipinski definition) is 2. The molecule has 0 aromatic carbocycles. The number of rotatable bonds is 5. The lowest BCUT2D eigenvalue weighted by Gasteiger charge is -2.04. The first kappa shape index (κ1) is 12.6. The average molecular weight is 242 g/mol. The van der Waals surface area contributed by atoms with Crippen LogP contribution in [0.2, 0.25) is 0 Å². The van der Waals surface area contributed by atoms with Gasteiger partial charge in [0.15, 0.2) is 5.17 Å². The summed E-state index contributed by atoms with van der Waals surface area (Å²) in [5.41, 5.74) is 3.38. The van der Waals surface area contributed by atoms with Gasteiger partial charge >= 0.3 is 0 Å². The largest absolute Gasteiger partial charge is 0.550 e. The van der Waals surface area contributed by atoms with Gasteiger partial charge in [-0.1, -0.05) is 25.3 Å². The van der Waals surface area contributed by atoms with Gasteiger partial charge in [0.25, 0.3) is 0 Å². The van der Waals surface area contributed by atoms with Crippen molar-refractivity contribution in [3.8, 4) is 0 Å². The second-order valence-electron chi connectivity index (χ2n) is 3.16. The topological polar surface area (TPSA) is 93.6 Å². The number of thioether (sulfide) groups is 1. The molecular weight excluding hydrogens is 230 g/mol. The lowest BCUT2D eigenvalue weighted by Crippen LogP contribution is -2.31. The minimum absolute atomic E-state index is 0.315. The zero-order valence-corrected chi connectivity index (χ0v) is 9.60. The molecule has 1 aliphatic heterocycles. The summed E-state index contributed by atoms with van der Waals surface area (Å²) in [7, 11) is 0. The fourth-order valence-corrected chi connectivity index (χ4v) is 1.87. The van der Waals surface area contributed by atoms with Crippen LogP contribution in [0, 0.1) is 0 Å². The van der Waals surface area contributed by atoms with Crippen LogP contribution in [0.4, 0.5) is 0 Å². The number of carbonyl (C=O) groups excluding carboxylic acids is 2. The highest BCUT2D eigenvalue weighted by Crippen LogP contribution is 2.21. The third-order valence-electron chi connectivity index (χ3n) is 1.87. The van der Waals surface area contributed by atoms with Gasteiger partial charge in [0.1, 0.15) is 0 Å². The van der Waals surface area contributed by atoms with Crippen LogP contribution >= 0.6 is 11.8 Å². The Morgan fingerprint density at radius 1 is 1.75 bits per heavy atom. The van der Waals surface area contributed by atoms with Gasteiger partial charge in [-0.3, -0.25) is 10.2 Å². The predicted molar refractivity (Wildman–Crippen MR) is 59.1 cm³/mol. The molecule has 6 nitrogen and oxygen atoms in total. The van der Waals surface area contributed by atoms with Crippen LogP contribution in [0.3, 0.4) is 0 Å². The molecule has 16 heavy (non-hydrogen) atoms. The lowest BCUT2D eigenvalue weighted by molar-refractivity contribution is -0.305. The van der Waals surface area contributed by atoms with Crippen LogP contribution in [0.1, 0.15) is 19.8 Å². The maximum atomic E-state index is 11.3. The Morgan fingerprint density at radius 2 is 2.44 bits per heavy atom. The number of aliphatic carboxylic acids is 1. The molecule has 1 heterocycles. The Kier molecular flexibility index (Phi) is 4.36. The second kappa shape index (κ2) is 5.55. The van der Waals surface area contributed by atoms with Crippen LogP contribution in [-0.4, -0.2) is 22.3 Å². The minimum Gasteiger partial charge on any atom is -0.550 e. The molecule has 0 radical (unpaired) electrons. The Hall–Kier alpha value is -1.50. The summed E-state index contributed by atoms with van der Waals surface area (Å²) in [5.74, 6) is -1.61. The van der Waals surface area contributed by atoms with Crippen molar-refractivity contribution in [2.75, 3.05) is 0 Å². The zero-order chi connectivity index (χ0) is 12.1. The number of hydrazone groups is 1. The van der Waals surface area contributed by atoms with E-state index in [-0.39, 0.29) is 12.3 Å². The number of carboxylic acid groups (broad SMARTS) is 1. The molecule has 1 atom stereocenters. The van der Waals surface area contributed by atoms with Crippen LogP contribution in [0.25, 0.3) is 0 Å². The first-order valence-corrected chi connectivity index (χ1v) is 5.59. The molecule has 2 N–H and O–H groups in total. The molecule has 1 fully saturated rings. The van der Waals surface area contributed by atoms with Crippen molar-refractivity contribution >= 4 is 28.8 Å². The summed E-state index contributed by atoms with van der Waals surface area (Å²) in [4.78, 5) is 21.6. The molecule has 0 bridgehead atoms. The van der Waals surface area contributed by atoms with Crippen LogP contribution in [-0.2, 0) is 9.59 Å². The Labute approximate surface area is 97.2 Å². The van der Waals surface area contributed by atoms with E-state index in [4.69, 9.17) is 0 Å². The number of amides is 1. The number of allylic oxidation sites excluding steroid dienone is 1. The SMILES string of the molecule is C=C(CC)N/N=C1/NC(=O)[C@H](CC(=O)[O-])S1. The summed E-state index contributed by atoms with van der Waals surface area (Å²) in [5, 5.41) is 16.4. The number of nitrogens with zero attached hydrogens (tertiary/aromatic N) is 1. The molecule has 1 aliphatic rings. The van der Waals surface area contributed by atoms with Crippen LogP contribution in [0.5, 0.6) is 0 Å². The monoisotopic (exact) mass is 242 g/mol. The number of carbonyl (C=O) groups is 2. The minimum atomic E-state index is -1.25. The summed E-state index contributed by atoms with van der Waals surface area (Å²) in [6.45, 7) is 5.59. The fraction of sp³-hybridized carbons (Fsp3) is 0.444. The van der Waals surface area contributed by atoms with E-state index in [0.717, 1.165) is 18.2 Å². The van der Waals surface area contributed by atoms with Crippen molar-refractivity contribution in [1.82, 2.24) is 10.7 Å². The molecule has 0 aliphatic carbocycles. The van der Waals surface area contributed by atoms with Crippen molar-refractivity contribution in [2.45, 2.75) is 25.0 Å². The van der Waals surface area contributed by atoms with Gasteiger partial charge < -0.3 is 15.2 Å². The fourth-order valence-electron chi connectivity index (χ4n) is 0.953. The van der Waals surface area contributed by atoms with Gasteiger partial charge in [0.05, 0.1) is 5.25 Å². The summed E-state index contributed by atoms with van der Waals surface area (Å²) < 4.78 is 0. The molecule has 1 saturated heterocycles. The first-order chi connectivity index (χ1) is 7.52. The molecule has 0 saturated carbocycles. The number of hydrogen-bond acceptors (Lipinski definition) is 6. The van der Waals surface area contributed by atoms with E-state index in [0.29, 0.717) is 10.9 Å². The highest BCUT2D eigenvalue weighted by molar-refractivity contribution is 8.15. The molecular formula is C9H12N3O3S-. The van der Waals surface area contributed by atoms with E-state index in [1.807, 2.05) is 6.92 Å². The van der Waals surface area contributed by atoms with E-state index in [1.54, 1.807) is 0 Å². The highest BCUT2D eigenvalue weighted by Gasteiger charge is 2.30. The van der Waals surface area contributed by atoms with E-state index < -0.39 is 11.2 Å². The number of amidine groups is 1. The Balaban J connectivity index is 2.52. The molecule has 1 rings (SSSR count). The molecule has 7 heteroatoms. The summed E-state index contributed by atoms with van der Waals surface area (Å²) in [6, 6.07) is 0. The second-order valence-corrected chi connectivity index (χ2v) is 4.35. The van der Waals surface area contributed by atoms with Crippen LogP contribution in [0.15, 0.2) is 17.4 Å². The molecule has 0 aromatic rings. The quantitative estimate of drug-likeness (QED) is 0.612. The van der Waals surface area contributed by atoms with Gasteiger partial charge in [-0.05, 0) is 6.42 Å². The Morgan fingerprint density at radius 3 is 3.00 bits per heavy atom. The van der Waals surface area contributed by atoms with Gasteiger partial charge in [0, 0.05) is 18.1 Å². The maximum Gasteiger partial charge on any atom is 0.239 e. The molecule has 0 spiro atoms. The normalized spacial score (nSPS) is 21.9. The Bertz CT molecular complexity index is 354. The summed E-state index contributed by atoms with van der Waals surface area (Å²) >= 11 is 1.06. The molecule has 0 aromatic heterocycles. The van der Waals surface area contributed by atoms with Gasteiger partial charge in [-0.15, -0.1) is 0 Å². The van der Waals surface area contributed by atoms with Crippen LogP contribution < -0.4 is 15.8 Å². The van der Waals surface area contributed by atoms with Crippen molar-refractivity contribution in [2.24, 2.45) is 5.10 Å². The smallest absolute Gasteiger partial charge is 0.239 e. The van der Waals surface area contributed by atoms with Crippen molar-refractivity contribution in [3.05, 3.63) is 12.3 Å². The van der Waals surface area contributed by atoms with Gasteiger partial charge in [-0.2, -0.15) is 5.10 Å². The van der Waals surface area contributed by atoms with E-state index in [1.165, 1.54) is 0 Å². The predicted octanol–water partition coefficient (Wildman–Crippen LogP) is -0.858. The molecule has 1 amide bonds. The third kappa shape index (κ3) is 3.58. The lowest BCUT2D eigenvalue weighted by atomic mass is 10.3. The summed E-state index contributed by atoms with van der Waals surface area (Å²) in [6.07, 6.45) is 0.405. The van der Waals surface area contributed by atoms with Gasteiger partial charge in [-0.25, -0.2) is 0 Å². The van der Waals surface area contributed by atoms with Crippen molar-refractivity contribution in [3.63, 3.8) is 0 Å². The van der Waals surface area contributed by atoms with Crippen molar-refractivity contribution < 1.29 is 14.7 Å². The van der Waals surface area contributed by atoms with E-state index in [9.17, 15) is 14.7 Å². The number of nitrogens with one attached hydrogen (secondary N) is 2. The average Bonchev–Trinajstić information content (AvgIpc) is 2.55. The molecule has 88 valence electrons. The van der Waals surface area contributed by atoms with E-state index in [2.05, 4.69) is 22.4 Å². The van der Waals surface area contributed by atoms with Crippen molar-refractivity contribution in [1.29, 1.82) is 0 Å². The van der Waals surface area contributed by atoms with E-state index >= 15 is 0 Å². The number of carboxylic acids is 1. The first-order valence-electron chi connectivity index (χ1n) is 4.71. The standard InChI is InChI=1S/C9H13N3O3S/c1-3-5(2)11-12-9-10-8(15)6(16-9)4-7(13)14/h6,11H,2-4H2,1H3,(H,13,14)(H,10,12,15)/p-1/t6-/m0/s1.